The molecule has 4 rings (SSSR count). The average Bonchev–Trinajstić information content (AvgIpc) is 3.19. The molecular weight excluding hydrogens is 418 g/mol. The van der Waals surface area contributed by atoms with Gasteiger partial charge in [0.25, 0.3) is 5.91 Å². The van der Waals surface area contributed by atoms with Gasteiger partial charge in [0.05, 0.1) is 32.5 Å². The molecule has 0 saturated carbocycles. The summed E-state index contributed by atoms with van der Waals surface area (Å²) in [6.45, 7) is 0.363. The van der Waals surface area contributed by atoms with Gasteiger partial charge in [0.15, 0.2) is 4.80 Å². The third-order valence-corrected chi connectivity index (χ3v) is 6.00. The predicted molar refractivity (Wildman–Crippen MR) is 106 cm³/mol. The Balaban J connectivity index is 1.85. The van der Waals surface area contributed by atoms with Crippen LogP contribution in [0.25, 0.3) is 20.4 Å². The number of halogens is 1. The lowest BCUT2D eigenvalue weighted by atomic mass is 10.2. The minimum atomic E-state index is -0.285. The molecule has 0 aliphatic heterocycles. The molecular formula is C18H10BrN3OS2. The molecule has 1 amide bonds. The fourth-order valence-electron chi connectivity index (χ4n) is 2.52. The first kappa shape index (κ1) is 16.2. The second-order valence-electron chi connectivity index (χ2n) is 5.24. The summed E-state index contributed by atoms with van der Waals surface area (Å²) < 4.78 is 4.85. The number of amides is 1. The maximum atomic E-state index is 12.6. The van der Waals surface area contributed by atoms with Gasteiger partial charge in [-0.3, -0.25) is 4.79 Å². The molecule has 0 atom stereocenters. The molecule has 0 fully saturated rings. The zero-order chi connectivity index (χ0) is 17.4. The highest BCUT2D eigenvalue weighted by molar-refractivity contribution is 9.10. The van der Waals surface area contributed by atoms with Gasteiger partial charge in [-0.2, -0.15) is 4.99 Å². The van der Waals surface area contributed by atoms with Gasteiger partial charge in [0, 0.05) is 10.0 Å². The van der Waals surface area contributed by atoms with Gasteiger partial charge in [0.2, 0.25) is 0 Å². The van der Waals surface area contributed by atoms with Crippen molar-refractivity contribution in [3.05, 3.63) is 56.7 Å². The van der Waals surface area contributed by atoms with Gasteiger partial charge in [-0.15, -0.1) is 17.8 Å². The highest BCUT2D eigenvalue weighted by Crippen LogP contribution is 2.23. The number of hydrogen-bond donors (Lipinski definition) is 0. The number of terminal acetylenes is 1. The zero-order valence-corrected chi connectivity index (χ0v) is 16.0. The zero-order valence-electron chi connectivity index (χ0n) is 12.8. The van der Waals surface area contributed by atoms with Gasteiger partial charge < -0.3 is 4.57 Å². The molecule has 0 spiro atoms. The Morgan fingerprint density at radius 2 is 2.16 bits per heavy atom. The van der Waals surface area contributed by atoms with Crippen molar-refractivity contribution in [1.29, 1.82) is 0 Å². The predicted octanol–water partition coefficient (Wildman–Crippen LogP) is 4.45. The van der Waals surface area contributed by atoms with Crippen molar-refractivity contribution in [2.24, 2.45) is 4.99 Å². The molecule has 2 aromatic heterocycles. The highest BCUT2D eigenvalue weighted by atomic mass is 79.9. The first-order valence-corrected chi connectivity index (χ1v) is 9.79. The Morgan fingerprint density at radius 3 is 3.00 bits per heavy atom. The molecule has 0 bridgehead atoms. The van der Waals surface area contributed by atoms with Crippen LogP contribution in [-0.4, -0.2) is 15.5 Å². The van der Waals surface area contributed by atoms with E-state index in [2.05, 4.69) is 31.8 Å². The van der Waals surface area contributed by atoms with Gasteiger partial charge >= 0.3 is 0 Å². The third-order valence-electron chi connectivity index (χ3n) is 3.67. The van der Waals surface area contributed by atoms with Crippen molar-refractivity contribution in [2.45, 2.75) is 6.54 Å². The molecule has 0 radical (unpaired) electrons. The monoisotopic (exact) mass is 427 g/mol. The normalized spacial score (nSPS) is 11.9. The topological polar surface area (TPSA) is 47.2 Å². The standard InChI is InChI=1S/C18H10BrN3OS2/c1-2-7-22-14-6-4-12(19)9-16(14)25-18(22)21-17(23)11-3-5-13-15(8-11)24-10-20-13/h1,3-6,8-10H,7H2. The van der Waals surface area contributed by atoms with E-state index in [1.165, 1.54) is 22.7 Å². The second kappa shape index (κ2) is 6.56. The largest absolute Gasteiger partial charge is 0.305 e. The Bertz CT molecular complexity index is 1230. The summed E-state index contributed by atoms with van der Waals surface area (Å²) in [5.41, 5.74) is 4.16. The van der Waals surface area contributed by atoms with Gasteiger partial charge in [-0.05, 0) is 36.4 Å². The number of carbonyl (C=O) groups is 1. The fraction of sp³-hybridized carbons (Fsp3) is 0.0556. The van der Waals surface area contributed by atoms with E-state index >= 15 is 0 Å². The molecule has 4 nitrogen and oxygen atoms in total. The average molecular weight is 428 g/mol. The van der Waals surface area contributed by atoms with E-state index < -0.39 is 0 Å². The molecule has 0 unspecified atom stereocenters. The molecule has 0 aliphatic rings. The Kier molecular flexibility index (Phi) is 4.25. The number of carbonyl (C=O) groups excluding carboxylic acids is 1. The van der Waals surface area contributed by atoms with Crippen LogP contribution in [-0.2, 0) is 6.54 Å². The summed E-state index contributed by atoms with van der Waals surface area (Å²) in [7, 11) is 0. The van der Waals surface area contributed by atoms with Crippen molar-refractivity contribution in [2.75, 3.05) is 0 Å². The number of hydrogen-bond acceptors (Lipinski definition) is 4. The van der Waals surface area contributed by atoms with Crippen molar-refractivity contribution < 1.29 is 4.79 Å². The number of aromatic nitrogens is 2. The van der Waals surface area contributed by atoms with Crippen LogP contribution in [0.4, 0.5) is 0 Å². The summed E-state index contributed by atoms with van der Waals surface area (Å²) in [4.78, 5) is 21.8. The maximum absolute atomic E-state index is 12.6. The van der Waals surface area contributed by atoms with E-state index in [9.17, 15) is 4.79 Å². The lowest BCUT2D eigenvalue weighted by Crippen LogP contribution is -2.16. The van der Waals surface area contributed by atoms with Crippen LogP contribution in [0.5, 0.6) is 0 Å². The van der Waals surface area contributed by atoms with Crippen molar-refractivity contribution >= 4 is 64.9 Å². The van der Waals surface area contributed by atoms with Crippen molar-refractivity contribution in [1.82, 2.24) is 9.55 Å². The first-order valence-electron chi connectivity index (χ1n) is 7.30. The maximum Gasteiger partial charge on any atom is 0.279 e. The number of benzene rings is 2. The van der Waals surface area contributed by atoms with Crippen LogP contribution >= 0.6 is 38.6 Å². The molecule has 2 heterocycles. The molecule has 0 saturated heterocycles. The van der Waals surface area contributed by atoms with E-state index in [0.717, 1.165) is 24.9 Å². The summed E-state index contributed by atoms with van der Waals surface area (Å²) in [5.74, 6) is 2.35. The Hall–Kier alpha value is -2.27. The quantitative estimate of drug-likeness (QED) is 0.443. The number of nitrogens with zero attached hydrogens (tertiary/aromatic N) is 3. The lowest BCUT2D eigenvalue weighted by Gasteiger charge is -2.00. The SMILES string of the molecule is C#CCn1c(=NC(=O)c2ccc3ncsc3c2)sc2cc(Br)ccc21. The lowest BCUT2D eigenvalue weighted by molar-refractivity contribution is 0.0998. The van der Waals surface area contributed by atoms with E-state index in [1.54, 1.807) is 11.6 Å². The van der Waals surface area contributed by atoms with Crippen LogP contribution < -0.4 is 4.80 Å². The molecule has 122 valence electrons. The van der Waals surface area contributed by atoms with Gasteiger partial charge in [-0.25, -0.2) is 4.98 Å². The van der Waals surface area contributed by atoms with Gasteiger partial charge in [0.1, 0.15) is 0 Å². The van der Waals surface area contributed by atoms with Crippen molar-refractivity contribution in [3.63, 3.8) is 0 Å². The molecule has 0 N–H and O–H groups in total. The highest BCUT2D eigenvalue weighted by Gasteiger charge is 2.10. The number of fused-ring (bicyclic) bond motifs is 2. The minimum Gasteiger partial charge on any atom is -0.305 e. The number of thiazole rings is 2. The molecule has 25 heavy (non-hydrogen) atoms. The van der Waals surface area contributed by atoms with Crippen LogP contribution in [0, 0.1) is 12.3 Å². The van der Waals surface area contributed by atoms with Crippen LogP contribution in [0.3, 0.4) is 0 Å². The molecule has 2 aromatic carbocycles. The van der Waals surface area contributed by atoms with E-state index in [-0.39, 0.29) is 5.91 Å². The molecule has 4 aromatic rings. The number of rotatable bonds is 2. The summed E-state index contributed by atoms with van der Waals surface area (Å²) >= 11 is 6.42. The first-order chi connectivity index (χ1) is 12.2. The third kappa shape index (κ3) is 3.04. The van der Waals surface area contributed by atoms with Crippen LogP contribution in [0.1, 0.15) is 10.4 Å². The smallest absolute Gasteiger partial charge is 0.279 e. The van der Waals surface area contributed by atoms with E-state index in [4.69, 9.17) is 6.42 Å². The second-order valence-corrected chi connectivity index (χ2v) is 8.05. The summed E-state index contributed by atoms with van der Waals surface area (Å²) in [6, 6.07) is 11.3. The molecule has 0 aliphatic carbocycles. The van der Waals surface area contributed by atoms with Crippen LogP contribution in [0.15, 0.2) is 51.4 Å². The van der Waals surface area contributed by atoms with E-state index in [0.29, 0.717) is 16.9 Å². The van der Waals surface area contributed by atoms with Gasteiger partial charge in [-0.1, -0.05) is 33.2 Å². The molecule has 7 heteroatoms. The van der Waals surface area contributed by atoms with E-state index in [1.807, 2.05) is 34.9 Å². The van der Waals surface area contributed by atoms with Crippen molar-refractivity contribution in [3.8, 4) is 12.3 Å². The fourth-order valence-corrected chi connectivity index (χ4v) is 4.81. The minimum absolute atomic E-state index is 0.285. The van der Waals surface area contributed by atoms with Crippen LogP contribution in [0.2, 0.25) is 0 Å². The Labute approximate surface area is 159 Å². The summed E-state index contributed by atoms with van der Waals surface area (Å²) in [5, 5.41) is 0. The Morgan fingerprint density at radius 1 is 1.28 bits per heavy atom. The summed E-state index contributed by atoms with van der Waals surface area (Å²) in [6.07, 6.45) is 5.49.